The van der Waals surface area contributed by atoms with Crippen molar-refractivity contribution < 1.29 is 29.0 Å². The lowest BCUT2D eigenvalue weighted by molar-refractivity contribution is -0.145. The van der Waals surface area contributed by atoms with Gasteiger partial charge in [0, 0.05) is 19.6 Å². The van der Waals surface area contributed by atoms with Crippen LogP contribution in [0.15, 0.2) is 0 Å². The van der Waals surface area contributed by atoms with Crippen molar-refractivity contribution in [2.45, 2.75) is 20.3 Å². The highest BCUT2D eigenvalue weighted by Crippen LogP contribution is 2.05. The summed E-state index contributed by atoms with van der Waals surface area (Å²) in [6.45, 7) is 5.43. The predicted octanol–water partition coefficient (Wildman–Crippen LogP) is 0.0671. The smallest absolute Gasteiger partial charge is 0.319 e. The van der Waals surface area contributed by atoms with Gasteiger partial charge in [-0.3, -0.25) is 24.2 Å². The fourth-order valence-electron chi connectivity index (χ4n) is 1.99. The first-order chi connectivity index (χ1) is 10.8. The van der Waals surface area contributed by atoms with E-state index in [9.17, 15) is 14.4 Å². The van der Waals surface area contributed by atoms with Gasteiger partial charge in [0.2, 0.25) is 0 Å². The molecule has 0 bridgehead atoms. The van der Waals surface area contributed by atoms with Crippen molar-refractivity contribution in [3.05, 3.63) is 0 Å². The van der Waals surface area contributed by atoms with Gasteiger partial charge in [0.05, 0.1) is 33.9 Å². The molecule has 0 radical (unpaired) electrons. The zero-order chi connectivity index (χ0) is 17.8. The maximum absolute atomic E-state index is 11.5. The van der Waals surface area contributed by atoms with E-state index in [2.05, 4.69) is 23.3 Å². The van der Waals surface area contributed by atoms with Crippen LogP contribution in [0.25, 0.3) is 0 Å². The molecule has 1 N–H and O–H groups in total. The monoisotopic (exact) mass is 332 g/mol. The number of carboxylic acid groups (broad SMARTS) is 1. The van der Waals surface area contributed by atoms with E-state index < -0.39 is 11.9 Å². The lowest BCUT2D eigenvalue weighted by atomic mass is 10.1. The third kappa shape index (κ3) is 10.6. The SMILES string of the molecule is CCC(C)CN(CCN(CC(=O)O)CC(=O)OC)CC(=O)OC. The molecule has 23 heavy (non-hydrogen) atoms. The minimum absolute atomic E-state index is 0.0990. The standard InChI is InChI=1S/C15H28N2O6/c1-5-12(2)8-16(10-14(20)22-3)6-7-17(9-13(18)19)11-15(21)23-4/h12H,5-11H2,1-4H3,(H,18,19). The second-order valence-corrected chi connectivity index (χ2v) is 5.51. The number of rotatable bonds is 12. The summed E-state index contributed by atoms with van der Waals surface area (Å²) in [5.74, 6) is -1.46. The van der Waals surface area contributed by atoms with E-state index in [0.717, 1.165) is 6.42 Å². The number of carbonyl (C=O) groups excluding carboxylic acids is 2. The van der Waals surface area contributed by atoms with Gasteiger partial charge in [-0.2, -0.15) is 0 Å². The van der Waals surface area contributed by atoms with E-state index in [1.54, 1.807) is 0 Å². The van der Waals surface area contributed by atoms with Gasteiger partial charge in [0.25, 0.3) is 0 Å². The van der Waals surface area contributed by atoms with E-state index in [4.69, 9.17) is 5.11 Å². The van der Waals surface area contributed by atoms with Crippen molar-refractivity contribution in [1.82, 2.24) is 9.80 Å². The average molecular weight is 332 g/mol. The zero-order valence-corrected chi connectivity index (χ0v) is 14.4. The van der Waals surface area contributed by atoms with Crippen molar-refractivity contribution >= 4 is 17.9 Å². The summed E-state index contributed by atoms with van der Waals surface area (Å²) in [6, 6.07) is 0. The molecule has 0 aromatic heterocycles. The Morgan fingerprint density at radius 2 is 1.43 bits per heavy atom. The summed E-state index contributed by atoms with van der Waals surface area (Å²) >= 11 is 0. The molecule has 0 aromatic rings. The van der Waals surface area contributed by atoms with Crippen molar-refractivity contribution in [2.24, 2.45) is 5.92 Å². The van der Waals surface area contributed by atoms with Crippen LogP contribution in [0, 0.1) is 5.92 Å². The molecule has 0 aliphatic heterocycles. The number of nitrogens with zero attached hydrogens (tertiary/aromatic N) is 2. The second kappa shape index (κ2) is 11.8. The van der Waals surface area contributed by atoms with Gasteiger partial charge in [0.15, 0.2) is 0 Å². The molecule has 0 aliphatic carbocycles. The largest absolute Gasteiger partial charge is 0.480 e. The summed E-state index contributed by atoms with van der Waals surface area (Å²) in [5.41, 5.74) is 0. The number of hydrogen-bond donors (Lipinski definition) is 1. The molecule has 0 heterocycles. The first-order valence-corrected chi connectivity index (χ1v) is 7.62. The first kappa shape index (κ1) is 21.3. The number of carbonyl (C=O) groups is 3. The fraction of sp³-hybridized carbons (Fsp3) is 0.800. The Balaban J connectivity index is 4.67. The molecule has 0 aliphatic rings. The normalized spacial score (nSPS) is 12.3. The van der Waals surface area contributed by atoms with Crippen molar-refractivity contribution in [2.75, 3.05) is 53.5 Å². The minimum Gasteiger partial charge on any atom is -0.480 e. The van der Waals surface area contributed by atoms with Gasteiger partial charge < -0.3 is 14.6 Å². The summed E-state index contributed by atoms with van der Waals surface area (Å²) in [5, 5.41) is 8.92. The van der Waals surface area contributed by atoms with Crippen LogP contribution in [0.2, 0.25) is 0 Å². The van der Waals surface area contributed by atoms with Crippen LogP contribution in [0.1, 0.15) is 20.3 Å². The molecular weight excluding hydrogens is 304 g/mol. The number of esters is 2. The van der Waals surface area contributed by atoms with Crippen LogP contribution in [0.3, 0.4) is 0 Å². The van der Waals surface area contributed by atoms with Crippen LogP contribution in [0.4, 0.5) is 0 Å². The van der Waals surface area contributed by atoms with Crippen LogP contribution in [-0.4, -0.2) is 86.3 Å². The lowest BCUT2D eigenvalue weighted by Crippen LogP contribution is -2.43. The summed E-state index contributed by atoms with van der Waals surface area (Å²) < 4.78 is 9.26. The van der Waals surface area contributed by atoms with Gasteiger partial charge in [-0.15, -0.1) is 0 Å². The molecule has 1 atom stereocenters. The number of ether oxygens (including phenoxy) is 2. The minimum atomic E-state index is -1.02. The molecule has 0 amide bonds. The lowest BCUT2D eigenvalue weighted by Gasteiger charge is -2.27. The first-order valence-electron chi connectivity index (χ1n) is 7.62. The Kier molecular flexibility index (Phi) is 11.0. The van der Waals surface area contributed by atoms with Crippen molar-refractivity contribution in [1.29, 1.82) is 0 Å². The van der Waals surface area contributed by atoms with Crippen molar-refractivity contribution in [3.8, 4) is 0 Å². The number of carboxylic acids is 1. The summed E-state index contributed by atoms with van der Waals surface area (Å²) in [4.78, 5) is 37.1. The molecule has 0 saturated carbocycles. The van der Waals surface area contributed by atoms with Gasteiger partial charge in [-0.05, 0) is 5.92 Å². The van der Waals surface area contributed by atoms with Gasteiger partial charge in [-0.1, -0.05) is 20.3 Å². The van der Waals surface area contributed by atoms with E-state index in [-0.39, 0.29) is 25.6 Å². The van der Waals surface area contributed by atoms with Gasteiger partial charge in [-0.25, -0.2) is 0 Å². The zero-order valence-electron chi connectivity index (χ0n) is 14.4. The topological polar surface area (TPSA) is 96.4 Å². The molecule has 0 aromatic carbocycles. The number of methoxy groups -OCH3 is 2. The average Bonchev–Trinajstić information content (AvgIpc) is 2.51. The van der Waals surface area contributed by atoms with Crippen LogP contribution < -0.4 is 0 Å². The molecule has 8 nitrogen and oxygen atoms in total. The Morgan fingerprint density at radius 3 is 1.87 bits per heavy atom. The molecule has 134 valence electrons. The molecule has 8 heteroatoms. The molecule has 0 spiro atoms. The fourth-order valence-corrected chi connectivity index (χ4v) is 1.99. The Morgan fingerprint density at radius 1 is 0.957 bits per heavy atom. The Hall–Kier alpha value is -1.67. The Bertz CT molecular complexity index is 388. The predicted molar refractivity (Wildman–Crippen MR) is 84.0 cm³/mol. The van der Waals surface area contributed by atoms with E-state index in [1.807, 2.05) is 4.90 Å². The molecule has 0 rings (SSSR count). The van der Waals surface area contributed by atoms with Gasteiger partial charge in [0.1, 0.15) is 0 Å². The number of aliphatic carboxylic acids is 1. The summed E-state index contributed by atoms with van der Waals surface area (Å²) in [7, 11) is 2.59. The number of hydrogen-bond acceptors (Lipinski definition) is 7. The highest BCUT2D eigenvalue weighted by Gasteiger charge is 2.18. The molecular formula is C15H28N2O6. The maximum atomic E-state index is 11.5. The third-order valence-electron chi connectivity index (χ3n) is 3.52. The molecule has 0 saturated heterocycles. The van der Waals surface area contributed by atoms with Crippen LogP contribution >= 0.6 is 0 Å². The van der Waals surface area contributed by atoms with E-state index in [1.165, 1.54) is 19.1 Å². The maximum Gasteiger partial charge on any atom is 0.319 e. The van der Waals surface area contributed by atoms with E-state index in [0.29, 0.717) is 25.6 Å². The molecule has 0 fully saturated rings. The Labute approximate surface area is 137 Å². The second-order valence-electron chi connectivity index (χ2n) is 5.51. The highest BCUT2D eigenvalue weighted by atomic mass is 16.5. The molecule has 1 unspecified atom stereocenters. The van der Waals surface area contributed by atoms with Crippen molar-refractivity contribution in [3.63, 3.8) is 0 Å². The van der Waals surface area contributed by atoms with E-state index >= 15 is 0 Å². The van der Waals surface area contributed by atoms with Crippen LogP contribution in [-0.2, 0) is 23.9 Å². The quantitative estimate of drug-likeness (QED) is 0.502. The van der Waals surface area contributed by atoms with Gasteiger partial charge >= 0.3 is 17.9 Å². The summed E-state index contributed by atoms with van der Waals surface area (Å²) in [6.07, 6.45) is 0.971. The highest BCUT2D eigenvalue weighted by molar-refractivity contribution is 5.74. The van der Waals surface area contributed by atoms with Crippen LogP contribution in [0.5, 0.6) is 0 Å². The third-order valence-corrected chi connectivity index (χ3v) is 3.52.